The Morgan fingerprint density at radius 1 is 1.47 bits per heavy atom. The summed E-state index contributed by atoms with van der Waals surface area (Å²) >= 11 is 12.0. The van der Waals surface area contributed by atoms with Crippen LogP contribution in [0.5, 0.6) is 0 Å². The Balaban J connectivity index is 2.10. The summed E-state index contributed by atoms with van der Waals surface area (Å²) in [7, 11) is 0. The molecule has 1 nitrogen and oxygen atoms in total. The van der Waals surface area contributed by atoms with Crippen molar-refractivity contribution in [1.82, 2.24) is 0 Å². The Hall–Kier alpha value is -0.160. The lowest BCUT2D eigenvalue weighted by atomic mass is 10.2. The van der Waals surface area contributed by atoms with Gasteiger partial charge in [-0.25, -0.2) is 0 Å². The number of thiophene rings is 2. The number of carbonyl (C=O) groups is 1. The Kier molecular flexibility index (Phi) is 3.61. The van der Waals surface area contributed by atoms with Crippen molar-refractivity contribution in [3.8, 4) is 0 Å². The predicted molar refractivity (Wildman–Crippen MR) is 69.4 cm³/mol. The van der Waals surface area contributed by atoms with Gasteiger partial charge in [-0.1, -0.05) is 11.6 Å². The highest BCUT2D eigenvalue weighted by atomic mass is 79.9. The summed E-state index contributed by atoms with van der Waals surface area (Å²) in [6, 6.07) is 5.50. The van der Waals surface area contributed by atoms with E-state index in [1.807, 2.05) is 11.4 Å². The molecule has 2 heterocycles. The molecule has 78 valence electrons. The lowest BCUT2D eigenvalue weighted by molar-refractivity contribution is 0.0997. The van der Waals surface area contributed by atoms with E-state index in [0.717, 1.165) is 14.2 Å². The van der Waals surface area contributed by atoms with E-state index < -0.39 is 0 Å². The zero-order chi connectivity index (χ0) is 10.8. The average molecular weight is 322 g/mol. The van der Waals surface area contributed by atoms with Gasteiger partial charge in [0.1, 0.15) is 0 Å². The number of ketones is 1. The van der Waals surface area contributed by atoms with Gasteiger partial charge in [-0.15, -0.1) is 22.7 Å². The van der Waals surface area contributed by atoms with Crippen molar-refractivity contribution in [2.75, 3.05) is 0 Å². The van der Waals surface area contributed by atoms with Crippen LogP contribution < -0.4 is 0 Å². The summed E-state index contributed by atoms with van der Waals surface area (Å²) in [6.45, 7) is 0. The standard InChI is InChI=1S/C10H6BrClOS2/c11-6-3-7(14-5-6)4-8(13)9-1-2-10(12)15-9/h1-3,5H,4H2. The molecule has 0 bridgehead atoms. The monoisotopic (exact) mass is 320 g/mol. The molecular formula is C10H6BrClOS2. The first-order chi connectivity index (χ1) is 7.15. The molecule has 2 aromatic heterocycles. The molecule has 0 aromatic carbocycles. The van der Waals surface area contributed by atoms with Crippen LogP contribution in [0.4, 0.5) is 0 Å². The number of rotatable bonds is 3. The van der Waals surface area contributed by atoms with Crippen LogP contribution in [0.1, 0.15) is 14.5 Å². The number of halogens is 2. The second-order valence-electron chi connectivity index (χ2n) is 2.93. The number of hydrogen-bond donors (Lipinski definition) is 0. The first kappa shape index (κ1) is 11.3. The molecule has 0 N–H and O–H groups in total. The molecule has 0 aliphatic carbocycles. The topological polar surface area (TPSA) is 17.1 Å². The maximum absolute atomic E-state index is 11.8. The summed E-state index contributed by atoms with van der Waals surface area (Å²) < 4.78 is 1.69. The van der Waals surface area contributed by atoms with Crippen molar-refractivity contribution in [3.63, 3.8) is 0 Å². The molecule has 0 aliphatic heterocycles. The average Bonchev–Trinajstić information content (AvgIpc) is 2.75. The summed E-state index contributed by atoms with van der Waals surface area (Å²) in [5.41, 5.74) is 0. The maximum Gasteiger partial charge on any atom is 0.178 e. The molecular weight excluding hydrogens is 316 g/mol. The van der Waals surface area contributed by atoms with Crippen LogP contribution in [0.25, 0.3) is 0 Å². The second-order valence-corrected chi connectivity index (χ2v) is 6.56. The Bertz CT molecular complexity index is 489. The molecule has 0 saturated carbocycles. The minimum Gasteiger partial charge on any atom is -0.293 e. The number of Topliss-reactive ketones (excluding diaryl/α,β-unsaturated/α-hetero) is 1. The van der Waals surface area contributed by atoms with Crippen LogP contribution in [0.2, 0.25) is 4.34 Å². The minimum atomic E-state index is 0.126. The Labute approximate surface area is 109 Å². The van der Waals surface area contributed by atoms with Crippen molar-refractivity contribution in [2.24, 2.45) is 0 Å². The fourth-order valence-electron chi connectivity index (χ4n) is 1.16. The van der Waals surface area contributed by atoms with Crippen molar-refractivity contribution < 1.29 is 4.79 Å². The largest absolute Gasteiger partial charge is 0.293 e. The zero-order valence-electron chi connectivity index (χ0n) is 7.50. The van der Waals surface area contributed by atoms with Gasteiger partial charge in [-0.3, -0.25) is 4.79 Å². The molecule has 0 radical (unpaired) electrons. The van der Waals surface area contributed by atoms with Gasteiger partial charge >= 0.3 is 0 Å². The van der Waals surface area contributed by atoms with E-state index in [2.05, 4.69) is 15.9 Å². The van der Waals surface area contributed by atoms with E-state index in [0.29, 0.717) is 10.8 Å². The molecule has 2 rings (SSSR count). The fourth-order valence-corrected chi connectivity index (χ4v) is 3.59. The molecule has 0 aliphatic rings. The molecule has 0 fully saturated rings. The fraction of sp³-hybridized carbons (Fsp3) is 0.100. The normalized spacial score (nSPS) is 10.5. The van der Waals surface area contributed by atoms with Gasteiger partial charge in [0.15, 0.2) is 5.78 Å². The molecule has 15 heavy (non-hydrogen) atoms. The third kappa shape index (κ3) is 2.91. The molecule has 0 spiro atoms. The summed E-state index contributed by atoms with van der Waals surface area (Å²) in [6.07, 6.45) is 0.451. The highest BCUT2D eigenvalue weighted by Crippen LogP contribution is 2.25. The van der Waals surface area contributed by atoms with Crippen molar-refractivity contribution in [1.29, 1.82) is 0 Å². The van der Waals surface area contributed by atoms with Crippen LogP contribution >= 0.6 is 50.2 Å². The maximum atomic E-state index is 11.8. The third-order valence-electron chi connectivity index (χ3n) is 1.80. The van der Waals surface area contributed by atoms with E-state index in [1.165, 1.54) is 11.3 Å². The zero-order valence-corrected chi connectivity index (χ0v) is 11.5. The molecule has 0 unspecified atom stereocenters. The van der Waals surface area contributed by atoms with E-state index in [9.17, 15) is 4.79 Å². The highest BCUT2D eigenvalue weighted by molar-refractivity contribution is 9.10. The summed E-state index contributed by atoms with van der Waals surface area (Å²) in [5.74, 6) is 0.126. The van der Waals surface area contributed by atoms with Crippen LogP contribution in [0, 0.1) is 0 Å². The Morgan fingerprint density at radius 2 is 2.27 bits per heavy atom. The van der Waals surface area contributed by atoms with Crippen LogP contribution in [-0.4, -0.2) is 5.78 Å². The van der Waals surface area contributed by atoms with Gasteiger partial charge in [0.2, 0.25) is 0 Å². The van der Waals surface area contributed by atoms with E-state index >= 15 is 0 Å². The SMILES string of the molecule is O=C(Cc1cc(Br)cs1)c1ccc(Cl)s1. The lowest BCUT2D eigenvalue weighted by Crippen LogP contribution is -1.98. The Morgan fingerprint density at radius 3 is 2.80 bits per heavy atom. The van der Waals surface area contributed by atoms with Crippen LogP contribution in [0.3, 0.4) is 0 Å². The van der Waals surface area contributed by atoms with Crippen molar-refractivity contribution >= 4 is 56.0 Å². The highest BCUT2D eigenvalue weighted by Gasteiger charge is 2.10. The van der Waals surface area contributed by atoms with Crippen LogP contribution in [-0.2, 0) is 6.42 Å². The molecule has 0 atom stereocenters. The second kappa shape index (κ2) is 4.78. The summed E-state index contributed by atoms with van der Waals surface area (Å²) in [5, 5.41) is 1.98. The molecule has 0 amide bonds. The van der Waals surface area contributed by atoms with Gasteiger partial charge in [0.05, 0.1) is 9.21 Å². The van der Waals surface area contributed by atoms with E-state index in [-0.39, 0.29) is 5.78 Å². The number of carbonyl (C=O) groups excluding carboxylic acids is 1. The molecule has 2 aromatic rings. The van der Waals surface area contributed by atoms with Gasteiger partial charge in [0.25, 0.3) is 0 Å². The smallest absolute Gasteiger partial charge is 0.178 e. The third-order valence-corrected chi connectivity index (χ3v) is 4.77. The quantitative estimate of drug-likeness (QED) is 0.752. The van der Waals surface area contributed by atoms with Gasteiger partial charge in [-0.05, 0) is 34.1 Å². The van der Waals surface area contributed by atoms with Crippen LogP contribution in [0.15, 0.2) is 28.1 Å². The van der Waals surface area contributed by atoms with Gasteiger partial charge in [0, 0.05) is 21.2 Å². The molecule has 5 heteroatoms. The summed E-state index contributed by atoms with van der Waals surface area (Å²) in [4.78, 5) is 13.6. The van der Waals surface area contributed by atoms with Crippen molar-refractivity contribution in [2.45, 2.75) is 6.42 Å². The number of hydrogen-bond acceptors (Lipinski definition) is 3. The first-order valence-electron chi connectivity index (χ1n) is 4.16. The lowest BCUT2D eigenvalue weighted by Gasteiger charge is -1.93. The van der Waals surface area contributed by atoms with E-state index in [4.69, 9.17) is 11.6 Å². The van der Waals surface area contributed by atoms with Crippen molar-refractivity contribution in [3.05, 3.63) is 42.1 Å². The van der Waals surface area contributed by atoms with Gasteiger partial charge < -0.3 is 0 Å². The van der Waals surface area contributed by atoms with E-state index in [1.54, 1.807) is 23.5 Å². The van der Waals surface area contributed by atoms with Gasteiger partial charge in [-0.2, -0.15) is 0 Å². The minimum absolute atomic E-state index is 0.126. The first-order valence-corrected chi connectivity index (χ1v) is 7.03. The predicted octanol–water partition coefficient (Wildman–Crippen LogP) is 4.65. The molecule has 0 saturated heterocycles.